The zero-order valence-corrected chi connectivity index (χ0v) is 18.6. The number of carboxylic acids is 1. The van der Waals surface area contributed by atoms with Gasteiger partial charge in [0, 0.05) is 0 Å². The summed E-state index contributed by atoms with van der Waals surface area (Å²) in [7, 11) is 0. The molecular weight excluding hydrogens is 451 g/mol. The van der Waals surface area contributed by atoms with E-state index in [1.54, 1.807) is 38.1 Å². The average molecular weight is 475 g/mol. The Hall–Kier alpha value is -3.58. The number of hydrogen-bond donors (Lipinski definition) is 3. The van der Waals surface area contributed by atoms with Gasteiger partial charge in [-0.05, 0) is 50.1 Å². The van der Waals surface area contributed by atoms with Crippen molar-refractivity contribution in [3.05, 3.63) is 59.2 Å². The molecule has 0 spiro atoms. The highest BCUT2D eigenvalue weighted by Crippen LogP contribution is 2.35. The molecule has 2 aromatic rings. The summed E-state index contributed by atoms with van der Waals surface area (Å²) in [6.07, 6.45) is -7.09. The minimum Gasteiger partial charge on any atom is -0.481 e. The molecule has 3 N–H and O–H groups in total. The van der Waals surface area contributed by atoms with Crippen LogP contribution in [0.3, 0.4) is 0 Å². The number of amides is 1. The van der Waals surface area contributed by atoms with Crippen LogP contribution in [0.4, 0.5) is 18.9 Å². The van der Waals surface area contributed by atoms with Gasteiger partial charge in [0.2, 0.25) is 0 Å². The van der Waals surface area contributed by atoms with Gasteiger partial charge in [-0.3, -0.25) is 9.59 Å². The Morgan fingerprint density at radius 3 is 2.62 bits per heavy atom. The Balaban J connectivity index is 1.76. The molecule has 1 aliphatic rings. The first-order valence-corrected chi connectivity index (χ1v) is 10.6. The first-order valence-electron chi connectivity index (χ1n) is 10.6. The number of anilines is 1. The highest BCUT2D eigenvalue weighted by molar-refractivity contribution is 5.98. The Kier molecular flexibility index (Phi) is 7.17. The second-order valence-electron chi connectivity index (χ2n) is 8.58. The number of fused-ring (bicyclic) bond motifs is 1. The number of carbonyl (C=O) groups is 2. The molecule has 1 aliphatic heterocycles. The van der Waals surface area contributed by atoms with Crippen LogP contribution < -0.4 is 15.4 Å². The van der Waals surface area contributed by atoms with Crippen LogP contribution in [0.2, 0.25) is 0 Å². The summed E-state index contributed by atoms with van der Waals surface area (Å²) in [5, 5.41) is 24.0. The van der Waals surface area contributed by atoms with Gasteiger partial charge in [0.25, 0.3) is 5.91 Å². The van der Waals surface area contributed by atoms with Gasteiger partial charge >= 0.3 is 12.1 Å². The molecule has 0 aliphatic carbocycles. The van der Waals surface area contributed by atoms with Crippen LogP contribution in [-0.4, -0.2) is 41.8 Å². The quantitative estimate of drug-likeness (QED) is 0.536. The Bertz CT molecular complexity index is 1130. The summed E-state index contributed by atoms with van der Waals surface area (Å²) >= 11 is 0. The second kappa shape index (κ2) is 9.73. The van der Waals surface area contributed by atoms with Crippen LogP contribution in [0.25, 0.3) is 0 Å². The first-order chi connectivity index (χ1) is 15.9. The number of nitrogens with one attached hydrogen (secondary N) is 2. The minimum absolute atomic E-state index is 0.0344. The SMILES string of the molecule is CC(C)(C(=O)O)c1cccc(CCN[C@H](CC(F)(F)F)C2Oc3c(C#N)cccc3NC2=O)c1. The lowest BCUT2D eigenvalue weighted by Gasteiger charge is -2.33. The lowest BCUT2D eigenvalue weighted by molar-refractivity contribution is -0.149. The Morgan fingerprint density at radius 1 is 1.26 bits per heavy atom. The number of carboxylic acid groups (broad SMARTS) is 1. The van der Waals surface area contributed by atoms with E-state index in [1.165, 1.54) is 18.2 Å². The smallest absolute Gasteiger partial charge is 0.390 e. The number of alkyl halides is 3. The fourth-order valence-electron chi connectivity index (χ4n) is 3.68. The predicted molar refractivity (Wildman–Crippen MR) is 117 cm³/mol. The molecule has 3 rings (SSSR count). The Labute approximate surface area is 194 Å². The molecule has 0 fully saturated rings. The molecule has 0 radical (unpaired) electrons. The third-order valence-electron chi connectivity index (χ3n) is 5.72. The van der Waals surface area contributed by atoms with Crippen LogP contribution in [-0.2, 0) is 21.4 Å². The number of nitrogens with zero attached hydrogens (tertiary/aromatic N) is 1. The van der Waals surface area contributed by atoms with Gasteiger partial charge in [0.1, 0.15) is 6.07 Å². The van der Waals surface area contributed by atoms with Gasteiger partial charge in [-0.25, -0.2) is 0 Å². The van der Waals surface area contributed by atoms with Crippen molar-refractivity contribution in [2.75, 3.05) is 11.9 Å². The van der Waals surface area contributed by atoms with E-state index < -0.39 is 42.0 Å². The number of para-hydroxylation sites is 1. The monoisotopic (exact) mass is 475 g/mol. The van der Waals surface area contributed by atoms with E-state index in [4.69, 9.17) is 4.74 Å². The standard InChI is InChI=1S/C24H24F3N3O4/c1-23(2,22(32)33)16-7-3-5-14(11-16)9-10-29-18(12-24(25,26)27)20-21(31)30-17-8-4-6-15(13-28)19(17)34-20/h3-8,11,18,20,29H,9-10,12H2,1-2H3,(H,30,31)(H,32,33)/t18-,20?/m1/s1. The summed E-state index contributed by atoms with van der Waals surface area (Å²) in [6, 6.07) is 11.8. The third kappa shape index (κ3) is 5.66. The molecule has 1 amide bonds. The molecule has 10 heteroatoms. The van der Waals surface area contributed by atoms with Gasteiger partial charge in [-0.15, -0.1) is 0 Å². The van der Waals surface area contributed by atoms with Gasteiger partial charge in [-0.2, -0.15) is 18.4 Å². The van der Waals surface area contributed by atoms with E-state index in [2.05, 4.69) is 10.6 Å². The van der Waals surface area contributed by atoms with Crippen LogP contribution >= 0.6 is 0 Å². The summed E-state index contributed by atoms with van der Waals surface area (Å²) in [6.45, 7) is 3.22. The van der Waals surface area contributed by atoms with E-state index in [9.17, 15) is 33.1 Å². The van der Waals surface area contributed by atoms with Crippen LogP contribution in [0.15, 0.2) is 42.5 Å². The fourth-order valence-corrected chi connectivity index (χ4v) is 3.68. The van der Waals surface area contributed by atoms with Crippen molar-refractivity contribution in [1.82, 2.24) is 5.32 Å². The number of carbonyl (C=O) groups excluding carboxylic acids is 1. The maximum atomic E-state index is 13.3. The number of ether oxygens (including phenoxy) is 1. The van der Waals surface area contributed by atoms with E-state index in [0.29, 0.717) is 12.0 Å². The first kappa shape index (κ1) is 25.1. The number of hydrogen-bond acceptors (Lipinski definition) is 5. The van der Waals surface area contributed by atoms with Crippen molar-refractivity contribution >= 4 is 17.6 Å². The molecule has 34 heavy (non-hydrogen) atoms. The number of aliphatic carboxylic acids is 1. The van der Waals surface area contributed by atoms with Crippen LogP contribution in [0.5, 0.6) is 5.75 Å². The highest BCUT2D eigenvalue weighted by atomic mass is 19.4. The third-order valence-corrected chi connectivity index (χ3v) is 5.72. The molecule has 0 saturated carbocycles. The van der Waals surface area contributed by atoms with Gasteiger partial charge in [0.15, 0.2) is 11.9 Å². The average Bonchev–Trinajstić information content (AvgIpc) is 2.76. The predicted octanol–water partition coefficient (Wildman–Crippen LogP) is 3.77. The van der Waals surface area contributed by atoms with Crippen molar-refractivity contribution < 1.29 is 32.6 Å². The summed E-state index contributed by atoms with van der Waals surface area (Å²) in [5.74, 6) is -1.70. The highest BCUT2D eigenvalue weighted by Gasteiger charge is 2.42. The van der Waals surface area contributed by atoms with Gasteiger partial charge in [-0.1, -0.05) is 30.3 Å². The number of rotatable bonds is 8. The van der Waals surface area contributed by atoms with Crippen molar-refractivity contribution in [3.63, 3.8) is 0 Å². The van der Waals surface area contributed by atoms with E-state index in [1.807, 2.05) is 6.07 Å². The minimum atomic E-state index is -4.57. The zero-order chi connectivity index (χ0) is 25.1. The molecule has 0 aromatic heterocycles. The number of benzene rings is 2. The van der Waals surface area contributed by atoms with Crippen LogP contribution in [0, 0.1) is 11.3 Å². The molecule has 1 unspecified atom stereocenters. The molecule has 2 atom stereocenters. The number of nitriles is 1. The van der Waals surface area contributed by atoms with E-state index >= 15 is 0 Å². The summed E-state index contributed by atoms with van der Waals surface area (Å²) in [4.78, 5) is 24.1. The van der Waals surface area contributed by atoms with Crippen molar-refractivity contribution in [2.24, 2.45) is 0 Å². The molecular formula is C24H24F3N3O4. The van der Waals surface area contributed by atoms with Gasteiger partial charge < -0.3 is 20.5 Å². The topological polar surface area (TPSA) is 111 Å². The van der Waals surface area contributed by atoms with E-state index in [-0.39, 0.29) is 23.5 Å². The normalized spacial score (nSPS) is 16.6. The maximum absolute atomic E-state index is 13.3. The second-order valence-corrected chi connectivity index (χ2v) is 8.58. The molecule has 2 aromatic carbocycles. The molecule has 0 bridgehead atoms. The molecule has 7 nitrogen and oxygen atoms in total. The van der Waals surface area contributed by atoms with E-state index in [0.717, 1.165) is 5.56 Å². The van der Waals surface area contributed by atoms with Crippen molar-refractivity contribution in [3.8, 4) is 11.8 Å². The van der Waals surface area contributed by atoms with Gasteiger partial charge in [0.05, 0.1) is 29.1 Å². The van der Waals surface area contributed by atoms with Crippen molar-refractivity contribution in [1.29, 1.82) is 5.26 Å². The zero-order valence-electron chi connectivity index (χ0n) is 18.6. The Morgan fingerprint density at radius 2 is 1.97 bits per heavy atom. The fraction of sp³-hybridized carbons (Fsp3) is 0.375. The summed E-state index contributed by atoms with van der Waals surface area (Å²) < 4.78 is 45.5. The van der Waals surface area contributed by atoms with Crippen LogP contribution in [0.1, 0.15) is 37.0 Å². The number of halogens is 3. The largest absolute Gasteiger partial charge is 0.481 e. The molecule has 0 saturated heterocycles. The van der Waals surface area contributed by atoms with Crippen molar-refractivity contribution in [2.45, 2.75) is 50.4 Å². The molecule has 180 valence electrons. The molecule has 1 heterocycles. The summed E-state index contributed by atoms with van der Waals surface area (Å²) in [5.41, 5.74) is 0.508. The maximum Gasteiger partial charge on any atom is 0.390 e. The lowest BCUT2D eigenvalue weighted by atomic mass is 9.84. The lowest BCUT2D eigenvalue weighted by Crippen LogP contribution is -2.53.